The van der Waals surface area contributed by atoms with Crippen LogP contribution in [0.25, 0.3) is 11.1 Å². The maximum atomic E-state index is 13.7. The molecule has 0 atom stereocenters. The molecule has 5 aromatic rings. The van der Waals surface area contributed by atoms with Crippen molar-refractivity contribution < 1.29 is 52.2 Å². The molecule has 0 unspecified atom stereocenters. The van der Waals surface area contributed by atoms with E-state index in [1.165, 1.54) is 13.3 Å². The molecule has 7 rings (SSSR count). The molecule has 13 heteroatoms. The Morgan fingerprint density at radius 3 is 1.88 bits per heavy atom. The maximum absolute atomic E-state index is 13.7. The summed E-state index contributed by atoms with van der Waals surface area (Å²) in [4.78, 5) is 27.1. The van der Waals surface area contributed by atoms with Gasteiger partial charge < -0.3 is 42.6 Å². The summed E-state index contributed by atoms with van der Waals surface area (Å²) < 4.78 is 51.3. The second-order valence-electron chi connectivity index (χ2n) is 16.8. The lowest BCUT2D eigenvalue weighted by atomic mass is 9.84. The smallest absolute Gasteiger partial charge is 0.343 e. The van der Waals surface area contributed by atoms with E-state index in [1.807, 2.05) is 36.4 Å². The number of rotatable bonds is 28. The van der Waals surface area contributed by atoms with Crippen molar-refractivity contribution in [1.29, 1.82) is 0 Å². The highest BCUT2D eigenvalue weighted by Gasteiger charge is 2.37. The number of nitrogens with zero attached hydrogens (tertiary/aromatic N) is 2. The van der Waals surface area contributed by atoms with E-state index in [0.29, 0.717) is 67.1 Å². The molecular weight excluding hydrogens is 865 g/mol. The van der Waals surface area contributed by atoms with Gasteiger partial charge >= 0.3 is 11.9 Å². The van der Waals surface area contributed by atoms with Crippen LogP contribution in [0, 0.1) is 5.41 Å². The zero-order valence-electron chi connectivity index (χ0n) is 39.4. The average molecular weight is 927 g/mol. The Bertz CT molecular complexity index is 2430. The molecule has 0 saturated carbocycles. The molecule has 1 heterocycles. The van der Waals surface area contributed by atoms with Crippen molar-refractivity contribution in [2.45, 2.75) is 58.3 Å². The molecule has 0 amide bonds. The van der Waals surface area contributed by atoms with Crippen molar-refractivity contribution in [3.63, 3.8) is 0 Å². The van der Waals surface area contributed by atoms with Crippen molar-refractivity contribution in [2.75, 3.05) is 73.7 Å². The third kappa shape index (κ3) is 13.6. The van der Waals surface area contributed by atoms with Crippen LogP contribution in [0.5, 0.6) is 28.7 Å². The normalized spacial score (nSPS) is 13.4. The van der Waals surface area contributed by atoms with Crippen LogP contribution in [0.3, 0.4) is 0 Å². The number of carbonyl (C=O) groups excluding carboxylic acids is 2. The molecular formula is C55H62N2O11. The number of hydrogen-bond acceptors (Lipinski definition) is 13. The summed E-state index contributed by atoms with van der Waals surface area (Å²) >= 11 is 0. The second kappa shape index (κ2) is 25.7. The van der Waals surface area contributed by atoms with E-state index in [2.05, 4.69) is 29.3 Å². The third-order valence-corrected chi connectivity index (χ3v) is 11.9. The van der Waals surface area contributed by atoms with Gasteiger partial charge in [0.2, 0.25) is 0 Å². The van der Waals surface area contributed by atoms with E-state index in [-0.39, 0.29) is 22.5 Å². The van der Waals surface area contributed by atoms with Gasteiger partial charge in [-0.1, -0.05) is 61.9 Å². The zero-order chi connectivity index (χ0) is 47.4. The number of benzene rings is 5. The summed E-state index contributed by atoms with van der Waals surface area (Å²) in [5.74, 6) is 0.761. The highest BCUT2D eigenvalue weighted by molar-refractivity contribution is 6.24. The number of methoxy groups -OCH3 is 2. The molecule has 1 saturated heterocycles. The van der Waals surface area contributed by atoms with Crippen LogP contribution in [-0.4, -0.2) is 97.5 Å². The third-order valence-electron chi connectivity index (χ3n) is 11.9. The zero-order valence-corrected chi connectivity index (χ0v) is 39.4. The van der Waals surface area contributed by atoms with Crippen LogP contribution in [0.4, 0.5) is 0 Å². The van der Waals surface area contributed by atoms with E-state index in [0.717, 1.165) is 100 Å². The van der Waals surface area contributed by atoms with Crippen LogP contribution in [0.2, 0.25) is 0 Å². The van der Waals surface area contributed by atoms with Gasteiger partial charge in [-0.25, -0.2) is 9.59 Å². The SMILES string of the molecule is CCC1(COCCCCCCOc2ccc(C(=O)Oc3ccc(OC(=O)c4ccc(OCCCCOCCCOC)cc4)cc3/C=N/N=C3c4ccccc4-c4ccccc43)cc2OC)COC1. The van der Waals surface area contributed by atoms with Gasteiger partial charge in [0.25, 0.3) is 0 Å². The number of esters is 2. The van der Waals surface area contributed by atoms with Crippen molar-refractivity contribution in [3.05, 3.63) is 137 Å². The Kier molecular flexibility index (Phi) is 18.7. The number of ether oxygens (including phenoxy) is 9. The highest BCUT2D eigenvalue weighted by Crippen LogP contribution is 2.37. The van der Waals surface area contributed by atoms with Gasteiger partial charge in [-0.15, -0.1) is 5.10 Å². The van der Waals surface area contributed by atoms with Gasteiger partial charge in [-0.05, 0) is 117 Å². The Hall–Kier alpha value is -6.38. The van der Waals surface area contributed by atoms with E-state index in [1.54, 1.807) is 67.8 Å². The fraction of sp³-hybridized carbons (Fsp3) is 0.382. The van der Waals surface area contributed by atoms with E-state index >= 15 is 0 Å². The van der Waals surface area contributed by atoms with Crippen LogP contribution >= 0.6 is 0 Å². The number of carbonyl (C=O) groups is 2. The molecule has 2 aliphatic rings. The fourth-order valence-electron chi connectivity index (χ4n) is 7.77. The lowest BCUT2D eigenvalue weighted by Crippen LogP contribution is -2.45. The van der Waals surface area contributed by atoms with Crippen LogP contribution in [0.1, 0.15) is 95.7 Å². The molecule has 13 nitrogen and oxygen atoms in total. The van der Waals surface area contributed by atoms with Crippen molar-refractivity contribution in [2.24, 2.45) is 15.6 Å². The summed E-state index contributed by atoms with van der Waals surface area (Å²) in [5.41, 5.74) is 5.91. The molecule has 0 spiro atoms. The first-order valence-electron chi connectivity index (χ1n) is 23.5. The topological polar surface area (TPSA) is 142 Å². The quantitative estimate of drug-likeness (QED) is 0.0153. The molecule has 358 valence electrons. The summed E-state index contributed by atoms with van der Waals surface area (Å²) in [6.07, 6.45) is 9.07. The van der Waals surface area contributed by atoms with E-state index < -0.39 is 11.9 Å². The Morgan fingerprint density at radius 1 is 0.588 bits per heavy atom. The van der Waals surface area contributed by atoms with Crippen LogP contribution in [0.15, 0.2) is 119 Å². The summed E-state index contributed by atoms with van der Waals surface area (Å²) in [6, 6.07) is 32.5. The van der Waals surface area contributed by atoms with Gasteiger partial charge in [-0.3, -0.25) is 0 Å². The van der Waals surface area contributed by atoms with Crippen LogP contribution < -0.4 is 23.7 Å². The minimum atomic E-state index is -0.635. The molecule has 1 aliphatic heterocycles. The average Bonchev–Trinajstić information content (AvgIpc) is 3.67. The van der Waals surface area contributed by atoms with Gasteiger partial charge in [0.15, 0.2) is 11.5 Å². The summed E-state index contributed by atoms with van der Waals surface area (Å²) in [7, 11) is 3.21. The van der Waals surface area contributed by atoms with E-state index in [4.69, 9.17) is 42.6 Å². The van der Waals surface area contributed by atoms with Crippen molar-refractivity contribution >= 4 is 23.9 Å². The first-order chi connectivity index (χ1) is 33.4. The standard InChI is InChI=1S/C55H62N2O11/c1-4-55(38-64-39-55)37-63-30-11-5-6-12-33-66-50-26-22-41(35-51(50)61-3)54(59)68-49-27-25-44(67-53(58)40-20-23-43(24-21-40)65-32-14-13-29-62-31-15-28-60-2)34-42(49)36-56-57-52-47-18-9-7-16-45(47)46-17-8-10-19-48(46)52/h7-10,16-27,34-36H,4-6,11-15,28-33,37-39H2,1-3H3/b56-36+. The molecule has 0 bridgehead atoms. The van der Waals surface area contributed by atoms with Crippen LogP contribution in [-0.2, 0) is 18.9 Å². The molecule has 0 radical (unpaired) electrons. The van der Waals surface area contributed by atoms with Crippen molar-refractivity contribution in [3.8, 4) is 39.9 Å². The molecule has 68 heavy (non-hydrogen) atoms. The monoisotopic (exact) mass is 926 g/mol. The minimum absolute atomic E-state index is 0.178. The number of hydrogen-bond donors (Lipinski definition) is 0. The minimum Gasteiger partial charge on any atom is -0.494 e. The summed E-state index contributed by atoms with van der Waals surface area (Å²) in [5, 5.41) is 9.13. The second-order valence-corrected chi connectivity index (χ2v) is 16.8. The maximum Gasteiger partial charge on any atom is 0.343 e. The lowest BCUT2D eigenvalue weighted by Gasteiger charge is -2.40. The largest absolute Gasteiger partial charge is 0.494 e. The molecule has 0 aromatic heterocycles. The Morgan fingerprint density at radius 2 is 1.19 bits per heavy atom. The Balaban J connectivity index is 0.979. The Labute approximate surface area is 399 Å². The molecule has 5 aromatic carbocycles. The van der Waals surface area contributed by atoms with Gasteiger partial charge in [0.1, 0.15) is 23.0 Å². The fourth-order valence-corrected chi connectivity index (χ4v) is 7.77. The first kappa shape index (κ1) is 49.5. The first-order valence-corrected chi connectivity index (χ1v) is 23.5. The predicted octanol–water partition coefficient (Wildman–Crippen LogP) is 10.6. The van der Waals surface area contributed by atoms with Gasteiger partial charge in [-0.2, -0.15) is 5.10 Å². The van der Waals surface area contributed by atoms with Gasteiger partial charge in [0.05, 0.1) is 57.5 Å². The van der Waals surface area contributed by atoms with E-state index in [9.17, 15) is 9.59 Å². The number of fused-ring (bicyclic) bond motifs is 3. The predicted molar refractivity (Wildman–Crippen MR) is 261 cm³/mol. The molecule has 1 fully saturated rings. The molecule has 1 aliphatic carbocycles. The molecule has 0 N–H and O–H groups in total. The number of unbranched alkanes of at least 4 members (excludes halogenated alkanes) is 4. The van der Waals surface area contributed by atoms with Gasteiger partial charge in [0, 0.05) is 55.6 Å². The summed E-state index contributed by atoms with van der Waals surface area (Å²) in [6.45, 7) is 8.36. The lowest BCUT2D eigenvalue weighted by molar-refractivity contribution is -0.150. The van der Waals surface area contributed by atoms with Crippen molar-refractivity contribution in [1.82, 2.24) is 0 Å². The highest BCUT2D eigenvalue weighted by atomic mass is 16.5.